The van der Waals surface area contributed by atoms with Crippen molar-refractivity contribution in [3.63, 3.8) is 0 Å². The number of pyridine rings is 1. The zero-order valence-electron chi connectivity index (χ0n) is 12.9. The molecular weight excluding hydrogens is 395 g/mol. The van der Waals surface area contributed by atoms with Crippen molar-refractivity contribution in [2.24, 2.45) is 0 Å². The highest BCUT2D eigenvalue weighted by atomic mass is 35.5. The van der Waals surface area contributed by atoms with Gasteiger partial charge in [0.15, 0.2) is 0 Å². The van der Waals surface area contributed by atoms with Crippen LogP contribution in [0.15, 0.2) is 24.4 Å². The van der Waals surface area contributed by atoms with Gasteiger partial charge in [-0.15, -0.1) is 0 Å². The van der Waals surface area contributed by atoms with Gasteiger partial charge in [-0.3, -0.25) is 5.32 Å². The van der Waals surface area contributed by atoms with Gasteiger partial charge < -0.3 is 14.2 Å². The molecule has 0 aliphatic carbocycles. The van der Waals surface area contributed by atoms with Crippen LogP contribution >= 0.6 is 34.8 Å². The first kappa shape index (κ1) is 19.1. The second kappa shape index (κ2) is 8.24. The quantitative estimate of drug-likeness (QED) is 0.459. The summed E-state index contributed by atoms with van der Waals surface area (Å²) in [6, 6.07) is 4.20. The van der Waals surface area contributed by atoms with Gasteiger partial charge in [-0.05, 0) is 12.1 Å². The van der Waals surface area contributed by atoms with Crippen molar-refractivity contribution in [1.82, 2.24) is 4.98 Å². The molecule has 2 rings (SSSR count). The van der Waals surface area contributed by atoms with E-state index in [-0.39, 0.29) is 37.9 Å². The predicted molar refractivity (Wildman–Crippen MR) is 93.2 cm³/mol. The molecule has 25 heavy (non-hydrogen) atoms. The maximum atomic E-state index is 12.0. The van der Waals surface area contributed by atoms with Gasteiger partial charge in [0, 0.05) is 12.3 Å². The molecule has 1 heterocycles. The molecule has 1 N–H and O–H groups in total. The normalized spacial score (nSPS) is 10.1. The van der Waals surface area contributed by atoms with Crippen molar-refractivity contribution in [2.45, 2.75) is 0 Å². The van der Waals surface area contributed by atoms with Gasteiger partial charge >= 0.3 is 12.1 Å². The molecule has 0 unspecified atom stereocenters. The fourth-order valence-corrected chi connectivity index (χ4v) is 2.47. The number of methoxy groups -OCH3 is 2. The number of halogens is 3. The number of nitrogens with zero attached hydrogens (tertiary/aromatic N) is 1. The number of aromatic nitrogens is 1. The Kier molecular flexibility index (Phi) is 6.30. The Morgan fingerprint density at radius 3 is 2.12 bits per heavy atom. The van der Waals surface area contributed by atoms with Gasteiger partial charge in [0.05, 0.1) is 25.5 Å². The molecule has 132 valence electrons. The lowest BCUT2D eigenvalue weighted by molar-refractivity contribution is 0.0645. The van der Waals surface area contributed by atoms with E-state index in [4.69, 9.17) is 44.3 Å². The number of carbonyl (C=O) groups excluding carboxylic acids is 2. The minimum atomic E-state index is -1.10. The van der Waals surface area contributed by atoms with Gasteiger partial charge in [0.1, 0.15) is 26.7 Å². The van der Waals surface area contributed by atoms with Crippen molar-refractivity contribution in [3.05, 3.63) is 45.2 Å². The van der Waals surface area contributed by atoms with Crippen molar-refractivity contribution in [3.8, 4) is 11.5 Å². The predicted octanol–water partition coefficient (Wildman–Crippen LogP) is 4.45. The van der Waals surface area contributed by atoms with Crippen LogP contribution in [0.1, 0.15) is 10.4 Å². The van der Waals surface area contributed by atoms with E-state index in [2.05, 4.69) is 15.0 Å². The molecule has 0 radical (unpaired) electrons. The third-order valence-electron chi connectivity index (χ3n) is 2.95. The molecule has 0 atom stereocenters. The minimum absolute atomic E-state index is 0.0193. The topological polar surface area (TPSA) is 86.8 Å². The summed E-state index contributed by atoms with van der Waals surface area (Å²) in [4.78, 5) is 27.6. The molecule has 0 spiro atoms. The maximum absolute atomic E-state index is 12.0. The van der Waals surface area contributed by atoms with E-state index in [9.17, 15) is 9.59 Å². The fourth-order valence-electron chi connectivity index (χ4n) is 1.76. The van der Waals surface area contributed by atoms with Crippen LogP contribution in [0.25, 0.3) is 0 Å². The van der Waals surface area contributed by atoms with Crippen LogP contribution in [0.3, 0.4) is 0 Å². The average molecular weight is 406 g/mol. The van der Waals surface area contributed by atoms with E-state index in [0.717, 1.165) is 0 Å². The molecule has 1 aromatic heterocycles. The Balaban J connectivity index is 2.20. The molecular formula is C15H11Cl3N2O5. The lowest BCUT2D eigenvalue weighted by Gasteiger charge is -2.14. The van der Waals surface area contributed by atoms with E-state index in [1.165, 1.54) is 38.6 Å². The monoisotopic (exact) mass is 404 g/mol. The minimum Gasteiger partial charge on any atom is -0.495 e. The van der Waals surface area contributed by atoms with E-state index >= 15 is 0 Å². The SMILES string of the molecule is COc1cc(OC)c(Cl)c(NC(=O)OC(=O)c2ccc(Cl)nc2)c1Cl. The maximum Gasteiger partial charge on any atom is 0.419 e. The van der Waals surface area contributed by atoms with Gasteiger partial charge in [0.2, 0.25) is 0 Å². The van der Waals surface area contributed by atoms with Crippen molar-refractivity contribution in [1.29, 1.82) is 0 Å². The number of ether oxygens (including phenoxy) is 3. The largest absolute Gasteiger partial charge is 0.495 e. The van der Waals surface area contributed by atoms with Crippen LogP contribution in [-0.2, 0) is 4.74 Å². The van der Waals surface area contributed by atoms with Crippen molar-refractivity contribution in [2.75, 3.05) is 19.5 Å². The fraction of sp³-hybridized carbons (Fsp3) is 0.133. The number of rotatable bonds is 4. The van der Waals surface area contributed by atoms with Gasteiger partial charge in [-0.1, -0.05) is 34.8 Å². The van der Waals surface area contributed by atoms with Crippen LogP contribution in [0.4, 0.5) is 10.5 Å². The molecule has 1 amide bonds. The first-order valence-electron chi connectivity index (χ1n) is 6.62. The van der Waals surface area contributed by atoms with E-state index in [1.54, 1.807) is 0 Å². The number of esters is 1. The van der Waals surface area contributed by atoms with Gasteiger partial charge in [-0.2, -0.15) is 0 Å². The van der Waals surface area contributed by atoms with Crippen LogP contribution < -0.4 is 14.8 Å². The zero-order valence-corrected chi connectivity index (χ0v) is 15.2. The Hall–Kier alpha value is -2.22. The second-order valence-electron chi connectivity index (χ2n) is 4.46. The summed E-state index contributed by atoms with van der Waals surface area (Å²) in [5, 5.41) is 2.52. The number of amides is 1. The number of carbonyl (C=O) groups is 2. The summed E-state index contributed by atoms with van der Waals surface area (Å²) in [6.07, 6.45) is 0.0750. The Morgan fingerprint density at radius 2 is 1.64 bits per heavy atom. The molecule has 10 heteroatoms. The number of nitrogens with one attached hydrogen (secondary N) is 1. The van der Waals surface area contributed by atoms with Crippen LogP contribution in [0, 0.1) is 0 Å². The van der Waals surface area contributed by atoms with E-state index in [0.29, 0.717) is 0 Å². The standard InChI is InChI=1S/C15H11Cl3N2O5/c1-23-8-5-9(24-2)12(18)13(11(8)17)20-15(22)25-14(21)7-3-4-10(16)19-6-7/h3-6H,1-2H3,(H,20,22). The summed E-state index contributed by atoms with van der Waals surface area (Å²) in [5.41, 5.74) is 0.0199. The van der Waals surface area contributed by atoms with Gasteiger partial charge in [0.25, 0.3) is 0 Å². The van der Waals surface area contributed by atoms with Crippen molar-refractivity contribution >= 4 is 52.6 Å². The lowest BCUT2D eigenvalue weighted by atomic mass is 10.2. The first-order valence-corrected chi connectivity index (χ1v) is 7.75. The lowest BCUT2D eigenvalue weighted by Crippen LogP contribution is -2.19. The Morgan fingerprint density at radius 1 is 1.04 bits per heavy atom. The Labute approximate surface area is 157 Å². The molecule has 1 aromatic carbocycles. The molecule has 0 aliphatic rings. The number of anilines is 1. The van der Waals surface area contributed by atoms with Crippen LogP contribution in [0.5, 0.6) is 11.5 Å². The zero-order chi connectivity index (χ0) is 18.6. The highest BCUT2D eigenvalue weighted by Crippen LogP contribution is 2.44. The van der Waals surface area contributed by atoms with E-state index < -0.39 is 12.1 Å². The summed E-state index contributed by atoms with van der Waals surface area (Å²) in [6.45, 7) is 0. The highest BCUT2D eigenvalue weighted by Gasteiger charge is 2.21. The molecule has 0 saturated heterocycles. The second-order valence-corrected chi connectivity index (χ2v) is 5.60. The van der Waals surface area contributed by atoms with Crippen molar-refractivity contribution < 1.29 is 23.8 Å². The molecule has 0 aliphatic heterocycles. The third kappa shape index (κ3) is 4.45. The van der Waals surface area contributed by atoms with Crippen LogP contribution in [0.2, 0.25) is 15.2 Å². The third-order valence-corrected chi connectivity index (χ3v) is 3.92. The average Bonchev–Trinajstić information content (AvgIpc) is 2.59. The number of benzene rings is 1. The summed E-state index contributed by atoms with van der Waals surface area (Å²) >= 11 is 17.9. The molecule has 0 saturated carbocycles. The summed E-state index contributed by atoms with van der Waals surface area (Å²) in [5.74, 6) is -0.498. The van der Waals surface area contributed by atoms with E-state index in [1.807, 2.05) is 0 Å². The summed E-state index contributed by atoms with van der Waals surface area (Å²) < 4.78 is 14.8. The molecule has 2 aromatic rings. The molecule has 7 nitrogen and oxygen atoms in total. The summed E-state index contributed by atoms with van der Waals surface area (Å²) in [7, 11) is 2.77. The number of hydrogen-bond donors (Lipinski definition) is 1. The highest BCUT2D eigenvalue weighted by molar-refractivity contribution is 6.41. The molecule has 0 bridgehead atoms. The number of hydrogen-bond acceptors (Lipinski definition) is 6. The smallest absolute Gasteiger partial charge is 0.419 e. The first-order chi connectivity index (χ1) is 11.9. The van der Waals surface area contributed by atoms with Crippen LogP contribution in [-0.4, -0.2) is 31.3 Å². The molecule has 0 fully saturated rings. The van der Waals surface area contributed by atoms with Gasteiger partial charge in [-0.25, -0.2) is 14.6 Å². The Bertz CT molecular complexity index is 784.